The van der Waals surface area contributed by atoms with E-state index in [1.54, 1.807) is 6.07 Å². The second kappa shape index (κ2) is 6.52. The van der Waals surface area contributed by atoms with Gasteiger partial charge in [0.2, 0.25) is 5.91 Å². The second-order valence-electron chi connectivity index (χ2n) is 5.22. The van der Waals surface area contributed by atoms with Gasteiger partial charge in [0.05, 0.1) is 5.92 Å². The molecule has 2 aliphatic heterocycles. The summed E-state index contributed by atoms with van der Waals surface area (Å²) in [5.41, 5.74) is 2.22. The van der Waals surface area contributed by atoms with Crippen LogP contribution in [0.2, 0.25) is 10.0 Å². The first-order valence-electron chi connectivity index (χ1n) is 6.61. The summed E-state index contributed by atoms with van der Waals surface area (Å²) in [7, 11) is 0. The summed E-state index contributed by atoms with van der Waals surface area (Å²) in [4.78, 5) is 14.3. The van der Waals surface area contributed by atoms with Gasteiger partial charge >= 0.3 is 0 Å². The summed E-state index contributed by atoms with van der Waals surface area (Å²) in [6, 6.07) is 3.72. The molecule has 6 heteroatoms. The number of amides is 1. The standard InChI is InChI=1S/C14H16Cl2N2O.ClH/c15-11-5-9-2-4-18(8-12(9)13(16)6-11)14(19)10-1-3-17-7-10;/h5-6,10,17H,1-4,7-8H2;1H. The van der Waals surface area contributed by atoms with Gasteiger partial charge in [0.25, 0.3) is 0 Å². The van der Waals surface area contributed by atoms with Crippen LogP contribution < -0.4 is 5.32 Å². The highest BCUT2D eigenvalue weighted by Crippen LogP contribution is 2.30. The predicted octanol–water partition coefficient (Wildman–Crippen LogP) is 2.91. The van der Waals surface area contributed by atoms with E-state index in [-0.39, 0.29) is 24.2 Å². The van der Waals surface area contributed by atoms with Crippen LogP contribution in [0.5, 0.6) is 0 Å². The fraction of sp³-hybridized carbons (Fsp3) is 0.500. The molecule has 1 atom stereocenters. The third kappa shape index (κ3) is 3.06. The Labute approximate surface area is 135 Å². The summed E-state index contributed by atoms with van der Waals surface area (Å²) in [6.45, 7) is 3.12. The zero-order valence-corrected chi connectivity index (χ0v) is 13.3. The first kappa shape index (κ1) is 15.9. The van der Waals surface area contributed by atoms with Crippen LogP contribution in [0.1, 0.15) is 17.5 Å². The lowest BCUT2D eigenvalue weighted by molar-refractivity contribution is -0.135. The SMILES string of the molecule is Cl.O=C(C1CCNC1)N1CCc2cc(Cl)cc(Cl)c2C1. The number of rotatable bonds is 1. The van der Waals surface area contributed by atoms with Crippen LogP contribution in [0.25, 0.3) is 0 Å². The molecule has 2 heterocycles. The number of benzene rings is 1. The third-order valence-corrected chi connectivity index (χ3v) is 4.53. The van der Waals surface area contributed by atoms with Gasteiger partial charge in [-0.2, -0.15) is 0 Å². The van der Waals surface area contributed by atoms with Crippen molar-refractivity contribution in [1.82, 2.24) is 10.2 Å². The van der Waals surface area contributed by atoms with E-state index in [0.29, 0.717) is 16.6 Å². The number of nitrogens with zero attached hydrogens (tertiary/aromatic N) is 1. The molecule has 110 valence electrons. The van der Waals surface area contributed by atoms with Crippen molar-refractivity contribution in [3.8, 4) is 0 Å². The lowest BCUT2D eigenvalue weighted by atomic mass is 9.98. The van der Waals surface area contributed by atoms with Crippen LogP contribution in [0, 0.1) is 5.92 Å². The Balaban J connectivity index is 0.00000147. The van der Waals surface area contributed by atoms with Crippen molar-refractivity contribution >= 4 is 41.5 Å². The minimum absolute atomic E-state index is 0. The van der Waals surface area contributed by atoms with Crippen molar-refractivity contribution in [1.29, 1.82) is 0 Å². The smallest absolute Gasteiger partial charge is 0.227 e. The molecule has 1 aromatic carbocycles. The maximum atomic E-state index is 12.4. The minimum atomic E-state index is 0. The predicted molar refractivity (Wildman–Crippen MR) is 83.8 cm³/mol. The number of hydrogen-bond acceptors (Lipinski definition) is 2. The number of nitrogens with one attached hydrogen (secondary N) is 1. The molecule has 1 saturated heterocycles. The Morgan fingerprint density at radius 1 is 1.35 bits per heavy atom. The van der Waals surface area contributed by atoms with E-state index in [9.17, 15) is 4.79 Å². The molecule has 20 heavy (non-hydrogen) atoms. The number of carbonyl (C=O) groups is 1. The molecule has 3 nitrogen and oxygen atoms in total. The highest BCUT2D eigenvalue weighted by Gasteiger charge is 2.30. The molecule has 0 aromatic heterocycles. The molecule has 1 unspecified atom stereocenters. The molecular formula is C14H17Cl3N2O. The van der Waals surface area contributed by atoms with Gasteiger partial charge in [0.15, 0.2) is 0 Å². The van der Waals surface area contributed by atoms with Crippen molar-refractivity contribution in [3.63, 3.8) is 0 Å². The van der Waals surface area contributed by atoms with Crippen LogP contribution in [-0.2, 0) is 17.8 Å². The van der Waals surface area contributed by atoms with Gasteiger partial charge in [-0.05, 0) is 42.6 Å². The van der Waals surface area contributed by atoms with E-state index in [0.717, 1.165) is 38.0 Å². The van der Waals surface area contributed by atoms with Gasteiger partial charge in [-0.1, -0.05) is 23.2 Å². The monoisotopic (exact) mass is 334 g/mol. The number of halogens is 3. The summed E-state index contributed by atoms with van der Waals surface area (Å²) >= 11 is 12.3. The quantitative estimate of drug-likeness (QED) is 0.856. The molecule has 1 N–H and O–H groups in total. The van der Waals surface area contributed by atoms with E-state index in [2.05, 4.69) is 5.32 Å². The molecule has 0 radical (unpaired) electrons. The van der Waals surface area contributed by atoms with E-state index < -0.39 is 0 Å². The maximum Gasteiger partial charge on any atom is 0.227 e. The largest absolute Gasteiger partial charge is 0.338 e. The topological polar surface area (TPSA) is 32.3 Å². The van der Waals surface area contributed by atoms with Crippen LogP contribution >= 0.6 is 35.6 Å². The normalized spacial score (nSPS) is 21.3. The zero-order chi connectivity index (χ0) is 13.4. The van der Waals surface area contributed by atoms with E-state index in [4.69, 9.17) is 23.2 Å². The summed E-state index contributed by atoms with van der Waals surface area (Å²) < 4.78 is 0. The van der Waals surface area contributed by atoms with Crippen LogP contribution in [0.4, 0.5) is 0 Å². The van der Waals surface area contributed by atoms with Crippen LogP contribution in [0.3, 0.4) is 0 Å². The maximum absolute atomic E-state index is 12.4. The summed E-state index contributed by atoms with van der Waals surface area (Å²) in [5.74, 6) is 0.384. The fourth-order valence-corrected chi connectivity index (χ4v) is 3.49. The molecule has 3 rings (SSSR count). The molecule has 0 bridgehead atoms. The van der Waals surface area contributed by atoms with Gasteiger partial charge < -0.3 is 10.2 Å². The van der Waals surface area contributed by atoms with Crippen LogP contribution in [-0.4, -0.2) is 30.4 Å². The molecule has 0 aliphatic carbocycles. The highest BCUT2D eigenvalue weighted by molar-refractivity contribution is 6.35. The molecule has 2 aliphatic rings. The second-order valence-corrected chi connectivity index (χ2v) is 6.07. The van der Waals surface area contributed by atoms with E-state index in [1.807, 2.05) is 11.0 Å². The average Bonchev–Trinajstić information content (AvgIpc) is 2.91. The van der Waals surface area contributed by atoms with Crippen molar-refractivity contribution in [2.24, 2.45) is 5.92 Å². The van der Waals surface area contributed by atoms with E-state index in [1.165, 1.54) is 5.56 Å². The average molecular weight is 336 g/mol. The van der Waals surface area contributed by atoms with Crippen molar-refractivity contribution < 1.29 is 4.79 Å². The van der Waals surface area contributed by atoms with Gasteiger partial charge in [0, 0.05) is 29.7 Å². The molecule has 0 saturated carbocycles. The molecule has 0 spiro atoms. The Hall–Kier alpha value is -0.480. The Bertz CT molecular complexity index is 515. The Morgan fingerprint density at radius 2 is 2.15 bits per heavy atom. The lowest BCUT2D eigenvalue weighted by Crippen LogP contribution is -2.40. The Morgan fingerprint density at radius 3 is 2.85 bits per heavy atom. The molecule has 1 amide bonds. The van der Waals surface area contributed by atoms with Gasteiger partial charge in [-0.25, -0.2) is 0 Å². The minimum Gasteiger partial charge on any atom is -0.338 e. The third-order valence-electron chi connectivity index (χ3n) is 3.97. The first-order chi connectivity index (χ1) is 9.15. The summed E-state index contributed by atoms with van der Waals surface area (Å²) in [6.07, 6.45) is 1.78. The zero-order valence-electron chi connectivity index (χ0n) is 11.0. The number of carbonyl (C=O) groups excluding carboxylic acids is 1. The number of hydrogen-bond donors (Lipinski definition) is 1. The number of fused-ring (bicyclic) bond motifs is 1. The highest BCUT2D eigenvalue weighted by atomic mass is 35.5. The first-order valence-corrected chi connectivity index (χ1v) is 7.37. The lowest BCUT2D eigenvalue weighted by Gasteiger charge is -2.31. The van der Waals surface area contributed by atoms with Crippen molar-refractivity contribution in [3.05, 3.63) is 33.3 Å². The van der Waals surface area contributed by atoms with Gasteiger partial charge in [-0.15, -0.1) is 12.4 Å². The van der Waals surface area contributed by atoms with Gasteiger partial charge in [-0.3, -0.25) is 4.79 Å². The fourth-order valence-electron chi connectivity index (χ4n) is 2.89. The molecule has 1 fully saturated rings. The Kier molecular flexibility index (Phi) is 5.19. The molecule has 1 aromatic rings. The van der Waals surface area contributed by atoms with Crippen molar-refractivity contribution in [2.75, 3.05) is 19.6 Å². The molecular weight excluding hydrogens is 319 g/mol. The van der Waals surface area contributed by atoms with Crippen molar-refractivity contribution in [2.45, 2.75) is 19.4 Å². The van der Waals surface area contributed by atoms with E-state index >= 15 is 0 Å². The van der Waals surface area contributed by atoms with Crippen LogP contribution in [0.15, 0.2) is 12.1 Å². The van der Waals surface area contributed by atoms with Gasteiger partial charge in [0.1, 0.15) is 0 Å². The summed E-state index contributed by atoms with van der Waals surface area (Å²) in [5, 5.41) is 4.58.